The first-order chi connectivity index (χ1) is 12.1. The van der Waals surface area contributed by atoms with Crippen molar-refractivity contribution in [3.05, 3.63) is 35.5 Å². The van der Waals surface area contributed by atoms with E-state index >= 15 is 0 Å². The summed E-state index contributed by atoms with van der Waals surface area (Å²) in [5.74, 6) is 2.62. The molecule has 0 atom stereocenters. The second-order valence-corrected chi connectivity index (χ2v) is 6.81. The minimum absolute atomic E-state index is 0.208. The van der Waals surface area contributed by atoms with Crippen molar-refractivity contribution in [2.75, 3.05) is 17.7 Å². The first-order valence-corrected chi connectivity index (χ1v) is 8.95. The zero-order chi connectivity index (χ0) is 17.6. The topological polar surface area (TPSA) is 93.3 Å². The molecule has 0 saturated heterocycles. The third kappa shape index (κ3) is 4.96. The largest absolute Gasteiger partial charge is 0.452 e. The molecule has 0 radical (unpaired) electrons. The molecule has 1 aliphatic carbocycles. The molecule has 1 heterocycles. The number of halogens is 1. The van der Waals surface area contributed by atoms with Gasteiger partial charge in [-0.05, 0) is 62.3 Å². The maximum atomic E-state index is 9.07. The molecule has 25 heavy (non-hydrogen) atoms. The Kier molecular flexibility index (Phi) is 5.94. The van der Waals surface area contributed by atoms with Gasteiger partial charge in [0.1, 0.15) is 5.75 Å². The summed E-state index contributed by atoms with van der Waals surface area (Å²) in [6.07, 6.45) is 6.75. The molecular weight excluding hydrogens is 340 g/mol. The van der Waals surface area contributed by atoms with Crippen molar-refractivity contribution >= 4 is 23.4 Å². The van der Waals surface area contributed by atoms with E-state index in [1.807, 2.05) is 0 Å². The Morgan fingerprint density at radius 3 is 2.60 bits per heavy atom. The molecule has 6 nitrogen and oxygen atoms in total. The summed E-state index contributed by atoms with van der Waals surface area (Å²) in [7, 11) is 0. The highest BCUT2D eigenvalue weighted by Crippen LogP contribution is 2.32. The molecule has 1 aromatic carbocycles. The smallest absolute Gasteiger partial charge is 0.222 e. The standard InChI is InChI=1S/C18H23ClN4O2/c19-13-3-7-15(8-4-13)25-16-11-21-18(20)23-17(16)22-14-5-1-12(2-6-14)9-10-24/h3-4,7-8,11-12,14,24H,1-2,5-6,9-10H2,(H3,20,21,22,23). The minimum atomic E-state index is 0.208. The summed E-state index contributed by atoms with van der Waals surface area (Å²) in [4.78, 5) is 8.33. The molecule has 0 spiro atoms. The first-order valence-electron chi connectivity index (χ1n) is 8.57. The maximum absolute atomic E-state index is 9.07. The first kappa shape index (κ1) is 17.8. The van der Waals surface area contributed by atoms with Crippen LogP contribution in [0.1, 0.15) is 32.1 Å². The Labute approximate surface area is 152 Å². The van der Waals surface area contributed by atoms with E-state index < -0.39 is 0 Å². The van der Waals surface area contributed by atoms with Crippen LogP contribution in [0, 0.1) is 5.92 Å². The molecule has 1 aliphatic rings. The van der Waals surface area contributed by atoms with Gasteiger partial charge in [0.2, 0.25) is 5.95 Å². The quantitative estimate of drug-likeness (QED) is 0.722. The number of hydrogen-bond donors (Lipinski definition) is 3. The summed E-state index contributed by atoms with van der Waals surface area (Å²) in [6.45, 7) is 0.268. The zero-order valence-electron chi connectivity index (χ0n) is 14.0. The summed E-state index contributed by atoms with van der Waals surface area (Å²) in [5, 5.41) is 13.2. The van der Waals surface area contributed by atoms with Gasteiger partial charge in [0.15, 0.2) is 11.6 Å². The van der Waals surface area contributed by atoms with Crippen LogP contribution in [0.4, 0.5) is 11.8 Å². The number of nitrogen functional groups attached to an aromatic ring is 1. The fraction of sp³-hybridized carbons (Fsp3) is 0.444. The number of ether oxygens (including phenoxy) is 1. The number of nitrogens with one attached hydrogen (secondary N) is 1. The van der Waals surface area contributed by atoms with E-state index in [4.69, 9.17) is 27.2 Å². The average Bonchev–Trinajstić information content (AvgIpc) is 2.61. The molecule has 0 aliphatic heterocycles. The lowest BCUT2D eigenvalue weighted by atomic mass is 9.84. The third-order valence-electron chi connectivity index (χ3n) is 4.54. The zero-order valence-corrected chi connectivity index (χ0v) is 14.7. The third-order valence-corrected chi connectivity index (χ3v) is 4.79. The van der Waals surface area contributed by atoms with E-state index in [9.17, 15) is 0 Å². The average molecular weight is 363 g/mol. The Hall–Kier alpha value is -2.05. The van der Waals surface area contributed by atoms with Gasteiger partial charge < -0.3 is 20.9 Å². The highest BCUT2D eigenvalue weighted by molar-refractivity contribution is 6.30. The molecule has 134 valence electrons. The molecule has 3 rings (SSSR count). The predicted molar refractivity (Wildman–Crippen MR) is 99.0 cm³/mol. The number of benzene rings is 1. The van der Waals surface area contributed by atoms with Gasteiger partial charge in [-0.25, -0.2) is 4.98 Å². The van der Waals surface area contributed by atoms with Gasteiger partial charge in [-0.1, -0.05) is 11.6 Å². The fourth-order valence-electron chi connectivity index (χ4n) is 3.16. The van der Waals surface area contributed by atoms with Crippen molar-refractivity contribution in [3.8, 4) is 11.5 Å². The SMILES string of the molecule is Nc1ncc(Oc2ccc(Cl)cc2)c(NC2CCC(CCO)CC2)n1. The number of aliphatic hydroxyl groups is 1. The Morgan fingerprint density at radius 1 is 1.20 bits per heavy atom. The van der Waals surface area contributed by atoms with Crippen molar-refractivity contribution in [2.45, 2.75) is 38.1 Å². The van der Waals surface area contributed by atoms with E-state index in [0.717, 1.165) is 32.1 Å². The highest BCUT2D eigenvalue weighted by Gasteiger charge is 2.22. The molecule has 2 aromatic rings. The number of aromatic nitrogens is 2. The van der Waals surface area contributed by atoms with Crippen molar-refractivity contribution < 1.29 is 9.84 Å². The van der Waals surface area contributed by atoms with Gasteiger partial charge >= 0.3 is 0 Å². The normalized spacial score (nSPS) is 20.2. The molecular formula is C18H23ClN4O2. The fourth-order valence-corrected chi connectivity index (χ4v) is 3.29. The maximum Gasteiger partial charge on any atom is 0.222 e. The second-order valence-electron chi connectivity index (χ2n) is 6.37. The van der Waals surface area contributed by atoms with E-state index in [1.165, 1.54) is 0 Å². The lowest BCUT2D eigenvalue weighted by Gasteiger charge is -2.29. The van der Waals surface area contributed by atoms with Crippen molar-refractivity contribution in [1.29, 1.82) is 0 Å². The van der Waals surface area contributed by atoms with Crippen molar-refractivity contribution in [2.24, 2.45) is 5.92 Å². The molecule has 1 aromatic heterocycles. The van der Waals surface area contributed by atoms with Crippen molar-refractivity contribution in [3.63, 3.8) is 0 Å². The van der Waals surface area contributed by atoms with Crippen molar-refractivity contribution in [1.82, 2.24) is 9.97 Å². The Balaban J connectivity index is 1.68. The number of rotatable bonds is 6. The van der Waals surface area contributed by atoms with Crippen LogP contribution in [0.2, 0.25) is 5.02 Å². The Morgan fingerprint density at radius 2 is 1.92 bits per heavy atom. The lowest BCUT2D eigenvalue weighted by molar-refractivity contribution is 0.225. The Bertz CT molecular complexity index is 688. The van der Waals surface area contributed by atoms with E-state index in [1.54, 1.807) is 30.5 Å². The van der Waals surface area contributed by atoms with E-state index in [0.29, 0.717) is 34.3 Å². The lowest BCUT2D eigenvalue weighted by Crippen LogP contribution is -2.27. The molecule has 1 fully saturated rings. The second kappa shape index (κ2) is 8.36. The van der Waals surface area contributed by atoms with Gasteiger partial charge in [-0.3, -0.25) is 0 Å². The minimum Gasteiger partial charge on any atom is -0.452 e. The molecule has 0 unspecified atom stereocenters. The molecule has 1 saturated carbocycles. The molecule has 0 bridgehead atoms. The number of nitrogens with zero attached hydrogens (tertiary/aromatic N) is 2. The van der Waals surface area contributed by atoms with Gasteiger partial charge in [-0.15, -0.1) is 0 Å². The van der Waals surface area contributed by atoms with Crippen LogP contribution in [0.25, 0.3) is 0 Å². The van der Waals surface area contributed by atoms with Crippen LogP contribution in [0.5, 0.6) is 11.5 Å². The van der Waals surface area contributed by atoms with Crippen LogP contribution in [-0.4, -0.2) is 27.7 Å². The summed E-state index contributed by atoms with van der Waals surface area (Å²) < 4.78 is 5.89. The number of hydrogen-bond acceptors (Lipinski definition) is 6. The van der Waals surface area contributed by atoms with E-state index in [-0.39, 0.29) is 12.6 Å². The number of nitrogens with two attached hydrogens (primary N) is 1. The molecule has 7 heteroatoms. The molecule has 4 N–H and O–H groups in total. The predicted octanol–water partition coefficient (Wildman–Crippen LogP) is 3.86. The van der Waals surface area contributed by atoms with Gasteiger partial charge in [0.25, 0.3) is 0 Å². The van der Waals surface area contributed by atoms with Crippen LogP contribution >= 0.6 is 11.6 Å². The molecule has 0 amide bonds. The van der Waals surface area contributed by atoms with Gasteiger partial charge in [0.05, 0.1) is 6.20 Å². The van der Waals surface area contributed by atoms with Crippen LogP contribution in [-0.2, 0) is 0 Å². The van der Waals surface area contributed by atoms with Gasteiger partial charge in [-0.2, -0.15) is 4.98 Å². The number of aliphatic hydroxyl groups excluding tert-OH is 1. The van der Waals surface area contributed by atoms with Crippen LogP contribution < -0.4 is 15.8 Å². The number of anilines is 2. The summed E-state index contributed by atoms with van der Waals surface area (Å²) >= 11 is 5.90. The van der Waals surface area contributed by atoms with Crippen LogP contribution in [0.3, 0.4) is 0 Å². The van der Waals surface area contributed by atoms with Gasteiger partial charge in [0, 0.05) is 17.7 Å². The monoisotopic (exact) mass is 362 g/mol. The van der Waals surface area contributed by atoms with Crippen LogP contribution in [0.15, 0.2) is 30.5 Å². The summed E-state index contributed by atoms with van der Waals surface area (Å²) in [6, 6.07) is 7.44. The summed E-state index contributed by atoms with van der Waals surface area (Å²) in [5.41, 5.74) is 5.74. The van der Waals surface area contributed by atoms with E-state index in [2.05, 4.69) is 15.3 Å². The highest BCUT2D eigenvalue weighted by atomic mass is 35.5.